The van der Waals surface area contributed by atoms with Gasteiger partial charge in [0.05, 0.1) is 25.6 Å². The molecule has 202 valence electrons. The molecule has 3 aromatic rings. The number of anilines is 2. The summed E-state index contributed by atoms with van der Waals surface area (Å²) in [6.07, 6.45) is 0.720. The van der Waals surface area contributed by atoms with Crippen LogP contribution in [-0.4, -0.2) is 48.0 Å². The van der Waals surface area contributed by atoms with E-state index in [-0.39, 0.29) is 33.4 Å². The number of rotatable bonds is 11. The van der Waals surface area contributed by atoms with Gasteiger partial charge in [-0.1, -0.05) is 26.0 Å². The Morgan fingerprint density at radius 1 is 1.11 bits per heavy atom. The number of methoxy groups -OCH3 is 2. The molecule has 0 bridgehead atoms. The minimum atomic E-state index is -1.21. The maximum atomic E-state index is 14.1. The predicted octanol–water partition coefficient (Wildman–Crippen LogP) is 3.10. The Bertz CT molecular complexity index is 1310. The minimum absolute atomic E-state index is 0.00887. The molecule has 0 spiro atoms. The summed E-state index contributed by atoms with van der Waals surface area (Å²) in [7, 11) is 2.91. The van der Waals surface area contributed by atoms with Crippen molar-refractivity contribution >= 4 is 40.6 Å². The first kappa shape index (κ1) is 28.3. The van der Waals surface area contributed by atoms with Crippen molar-refractivity contribution in [2.75, 3.05) is 31.4 Å². The fraction of sp³-hybridized carbons (Fsp3) is 0.308. The van der Waals surface area contributed by atoms with Gasteiger partial charge in [-0.15, -0.1) is 0 Å². The van der Waals surface area contributed by atoms with Gasteiger partial charge in [-0.3, -0.25) is 19.3 Å². The van der Waals surface area contributed by atoms with Gasteiger partial charge in [-0.2, -0.15) is 4.37 Å². The van der Waals surface area contributed by atoms with Gasteiger partial charge in [-0.25, -0.2) is 0 Å². The second kappa shape index (κ2) is 12.3. The summed E-state index contributed by atoms with van der Waals surface area (Å²) in [6.45, 7) is 4.44. The number of phenols is 1. The number of ether oxygens (including phenoxy) is 2. The summed E-state index contributed by atoms with van der Waals surface area (Å²) in [4.78, 5) is 40.8. The number of phenolic OH excluding ortho intramolecular Hbond substituents is 1. The monoisotopic (exact) mass is 541 g/mol. The standard InChI is InChI=1S/C26H31N5O6S/c1-14(2)11-12-29-25(34)22(15-5-7-16(32)8-6-15)31(18-10-9-17(36-3)13-19(18)37-4)26(35)23-20(27)21(24(28)33)30-38-23/h5-10,13-14,22,32H,11-12,27H2,1-4H3,(H2,28,33)(H,29,34). The lowest BCUT2D eigenvalue weighted by Crippen LogP contribution is -2.44. The van der Waals surface area contributed by atoms with Crippen LogP contribution in [0.4, 0.5) is 11.4 Å². The molecule has 0 radical (unpaired) electrons. The Morgan fingerprint density at radius 2 is 1.79 bits per heavy atom. The zero-order chi connectivity index (χ0) is 28.0. The lowest BCUT2D eigenvalue weighted by Gasteiger charge is -2.32. The number of nitrogens with one attached hydrogen (secondary N) is 1. The number of nitrogen functional groups attached to an aromatic ring is 1. The maximum Gasteiger partial charge on any atom is 0.273 e. The molecule has 3 amide bonds. The number of hydrogen-bond donors (Lipinski definition) is 4. The van der Waals surface area contributed by atoms with Gasteiger partial charge < -0.3 is 31.4 Å². The third-order valence-corrected chi connectivity index (χ3v) is 6.61. The highest BCUT2D eigenvalue weighted by Gasteiger charge is 2.37. The van der Waals surface area contributed by atoms with Crippen LogP contribution in [0.1, 0.15) is 52.0 Å². The van der Waals surface area contributed by atoms with Gasteiger partial charge in [0.2, 0.25) is 5.91 Å². The summed E-state index contributed by atoms with van der Waals surface area (Å²) in [6, 6.07) is 9.49. The van der Waals surface area contributed by atoms with Crippen molar-refractivity contribution in [3.05, 3.63) is 58.6 Å². The van der Waals surface area contributed by atoms with E-state index < -0.39 is 23.8 Å². The second-order valence-corrected chi connectivity index (χ2v) is 9.59. The van der Waals surface area contributed by atoms with E-state index in [4.69, 9.17) is 20.9 Å². The van der Waals surface area contributed by atoms with Gasteiger partial charge in [0.1, 0.15) is 28.2 Å². The molecule has 0 aliphatic rings. The number of carbonyl (C=O) groups excluding carboxylic acids is 3. The molecule has 1 unspecified atom stereocenters. The van der Waals surface area contributed by atoms with Crippen LogP contribution in [0.5, 0.6) is 17.2 Å². The van der Waals surface area contributed by atoms with E-state index in [1.54, 1.807) is 30.3 Å². The Kier molecular flexibility index (Phi) is 9.13. The highest BCUT2D eigenvalue weighted by atomic mass is 32.1. The van der Waals surface area contributed by atoms with E-state index in [1.807, 2.05) is 13.8 Å². The normalized spacial score (nSPS) is 11.6. The van der Waals surface area contributed by atoms with Gasteiger partial charge in [-0.05, 0) is 53.7 Å². The maximum absolute atomic E-state index is 14.1. The zero-order valence-electron chi connectivity index (χ0n) is 21.6. The van der Waals surface area contributed by atoms with Crippen molar-refractivity contribution in [2.24, 2.45) is 11.7 Å². The molecule has 0 saturated carbocycles. The molecule has 6 N–H and O–H groups in total. The van der Waals surface area contributed by atoms with Crippen LogP contribution in [-0.2, 0) is 4.79 Å². The molecule has 0 saturated heterocycles. The van der Waals surface area contributed by atoms with Gasteiger partial charge in [0.25, 0.3) is 11.8 Å². The molecule has 0 aliphatic heterocycles. The molecular weight excluding hydrogens is 510 g/mol. The smallest absolute Gasteiger partial charge is 0.273 e. The van der Waals surface area contributed by atoms with Crippen molar-refractivity contribution in [3.63, 3.8) is 0 Å². The fourth-order valence-electron chi connectivity index (χ4n) is 3.74. The molecule has 12 heteroatoms. The Balaban J connectivity index is 2.24. The zero-order valence-corrected chi connectivity index (χ0v) is 22.4. The number of aromatic hydroxyl groups is 1. The highest BCUT2D eigenvalue weighted by Crippen LogP contribution is 2.40. The lowest BCUT2D eigenvalue weighted by atomic mass is 10.0. The third-order valence-electron chi connectivity index (χ3n) is 5.76. The van der Waals surface area contributed by atoms with Crippen LogP contribution in [0.2, 0.25) is 0 Å². The topological polar surface area (TPSA) is 170 Å². The molecule has 1 heterocycles. The molecule has 0 aliphatic carbocycles. The van der Waals surface area contributed by atoms with Crippen molar-refractivity contribution in [1.82, 2.24) is 9.69 Å². The summed E-state index contributed by atoms with van der Waals surface area (Å²) in [5, 5.41) is 12.8. The number of benzene rings is 2. The van der Waals surface area contributed by atoms with E-state index in [2.05, 4.69) is 9.69 Å². The number of nitrogens with zero attached hydrogens (tertiary/aromatic N) is 2. The first-order valence-electron chi connectivity index (χ1n) is 11.8. The highest BCUT2D eigenvalue weighted by molar-refractivity contribution is 7.09. The average Bonchev–Trinajstić information content (AvgIpc) is 3.28. The number of amides is 3. The lowest BCUT2D eigenvalue weighted by molar-refractivity contribution is -0.122. The van der Waals surface area contributed by atoms with Crippen molar-refractivity contribution in [3.8, 4) is 17.2 Å². The summed E-state index contributed by atoms with van der Waals surface area (Å²) >= 11 is 0.701. The average molecular weight is 542 g/mol. The number of carbonyl (C=O) groups is 3. The molecule has 38 heavy (non-hydrogen) atoms. The quantitative estimate of drug-likeness (QED) is 0.287. The van der Waals surface area contributed by atoms with Gasteiger partial charge in [0.15, 0.2) is 5.69 Å². The minimum Gasteiger partial charge on any atom is -0.508 e. The first-order valence-corrected chi connectivity index (χ1v) is 12.5. The van der Waals surface area contributed by atoms with Crippen molar-refractivity contribution in [1.29, 1.82) is 0 Å². The molecule has 3 rings (SSSR count). The molecule has 1 aromatic heterocycles. The van der Waals surface area contributed by atoms with Gasteiger partial charge in [0, 0.05) is 12.6 Å². The van der Waals surface area contributed by atoms with E-state index in [9.17, 15) is 19.5 Å². The van der Waals surface area contributed by atoms with E-state index in [0.717, 1.165) is 6.42 Å². The number of hydrogen-bond acceptors (Lipinski definition) is 9. The second-order valence-electron chi connectivity index (χ2n) is 8.82. The van der Waals surface area contributed by atoms with E-state index in [1.165, 1.54) is 31.3 Å². The van der Waals surface area contributed by atoms with Crippen LogP contribution in [0.25, 0.3) is 0 Å². The summed E-state index contributed by atoms with van der Waals surface area (Å²) in [5.74, 6) is -1.01. The van der Waals surface area contributed by atoms with Crippen LogP contribution in [0.3, 0.4) is 0 Å². The first-order chi connectivity index (χ1) is 18.1. The SMILES string of the molecule is COc1ccc(N(C(=O)c2snc(C(N)=O)c2N)C(C(=O)NCCC(C)C)c2ccc(O)cc2)c(OC)c1. The summed E-state index contributed by atoms with van der Waals surface area (Å²) < 4.78 is 14.8. The van der Waals surface area contributed by atoms with Crippen molar-refractivity contribution in [2.45, 2.75) is 26.3 Å². The molecule has 0 fully saturated rings. The van der Waals surface area contributed by atoms with Crippen LogP contribution >= 0.6 is 11.5 Å². The molecular formula is C26H31N5O6S. The number of nitrogens with two attached hydrogens (primary N) is 2. The Morgan fingerprint density at radius 3 is 2.34 bits per heavy atom. The molecule has 1 atom stereocenters. The van der Waals surface area contributed by atoms with Crippen LogP contribution < -0.4 is 31.2 Å². The predicted molar refractivity (Wildman–Crippen MR) is 145 cm³/mol. The third kappa shape index (κ3) is 6.14. The fourth-order valence-corrected chi connectivity index (χ4v) is 4.49. The number of primary amides is 1. The number of aromatic nitrogens is 1. The Labute approximate surface area is 224 Å². The molecule has 11 nitrogen and oxygen atoms in total. The largest absolute Gasteiger partial charge is 0.508 e. The van der Waals surface area contributed by atoms with E-state index in [0.29, 0.717) is 35.3 Å². The summed E-state index contributed by atoms with van der Waals surface area (Å²) in [5.41, 5.74) is 11.7. The molecule has 2 aromatic carbocycles. The van der Waals surface area contributed by atoms with Crippen LogP contribution in [0, 0.1) is 5.92 Å². The van der Waals surface area contributed by atoms with Crippen LogP contribution in [0.15, 0.2) is 42.5 Å². The van der Waals surface area contributed by atoms with Gasteiger partial charge >= 0.3 is 0 Å². The Hall–Kier alpha value is -4.32. The van der Waals surface area contributed by atoms with E-state index >= 15 is 0 Å². The van der Waals surface area contributed by atoms with Crippen molar-refractivity contribution < 1.29 is 29.0 Å².